The van der Waals surface area contributed by atoms with Crippen LogP contribution in [0.5, 0.6) is 0 Å². The summed E-state index contributed by atoms with van der Waals surface area (Å²) in [5.41, 5.74) is 17.6. The number of benzene rings is 2. The normalized spacial score (nSPS) is 12.4. The molecule has 0 heterocycles. The van der Waals surface area contributed by atoms with Gasteiger partial charge in [-0.25, -0.2) is 0 Å². The van der Waals surface area contributed by atoms with E-state index in [-0.39, 0.29) is 6.04 Å². The highest BCUT2D eigenvalue weighted by atomic mass is 14.7. The number of hydrogen-bond acceptors (Lipinski definition) is 2. The number of rotatable bonds is 2. The van der Waals surface area contributed by atoms with Crippen molar-refractivity contribution >= 4 is 5.69 Å². The number of nitrogens with two attached hydrogens (primary N) is 2. The Balaban J connectivity index is 2.45. The summed E-state index contributed by atoms with van der Waals surface area (Å²) >= 11 is 0. The lowest BCUT2D eigenvalue weighted by molar-refractivity contribution is 0.872. The standard InChI is InChI=1S/C15H18N2/c1-10-8-9-13(14(16)11(10)2)15(17)12-6-4-3-5-7-12/h3-9,15H,16-17H2,1-2H3. The van der Waals surface area contributed by atoms with Crippen LogP contribution in [-0.2, 0) is 0 Å². The molecule has 0 fully saturated rings. The minimum atomic E-state index is -0.157. The predicted molar refractivity (Wildman–Crippen MR) is 72.8 cm³/mol. The summed E-state index contributed by atoms with van der Waals surface area (Å²) in [6.45, 7) is 4.09. The smallest absolute Gasteiger partial charge is 0.0572 e. The lowest BCUT2D eigenvalue weighted by atomic mass is 9.94. The zero-order valence-corrected chi connectivity index (χ0v) is 10.3. The summed E-state index contributed by atoms with van der Waals surface area (Å²) in [6.07, 6.45) is 0. The van der Waals surface area contributed by atoms with Gasteiger partial charge in [-0.05, 0) is 36.1 Å². The number of anilines is 1. The summed E-state index contributed by atoms with van der Waals surface area (Å²) in [6, 6.07) is 14.0. The van der Waals surface area contributed by atoms with Crippen LogP contribution in [0.1, 0.15) is 28.3 Å². The van der Waals surface area contributed by atoms with Crippen molar-refractivity contribution in [2.75, 3.05) is 5.73 Å². The third-order valence-corrected chi connectivity index (χ3v) is 3.31. The van der Waals surface area contributed by atoms with Gasteiger partial charge in [-0.15, -0.1) is 0 Å². The van der Waals surface area contributed by atoms with E-state index in [9.17, 15) is 0 Å². The molecule has 17 heavy (non-hydrogen) atoms. The molecule has 0 spiro atoms. The molecule has 0 bridgehead atoms. The van der Waals surface area contributed by atoms with E-state index < -0.39 is 0 Å². The van der Waals surface area contributed by atoms with E-state index in [0.29, 0.717) is 0 Å². The van der Waals surface area contributed by atoms with Crippen molar-refractivity contribution in [2.24, 2.45) is 5.73 Å². The van der Waals surface area contributed by atoms with Gasteiger partial charge in [0.2, 0.25) is 0 Å². The lowest BCUT2D eigenvalue weighted by Crippen LogP contribution is -2.14. The van der Waals surface area contributed by atoms with Crippen LogP contribution >= 0.6 is 0 Å². The van der Waals surface area contributed by atoms with E-state index in [2.05, 4.69) is 13.0 Å². The fourth-order valence-electron chi connectivity index (χ4n) is 1.97. The molecule has 0 saturated heterocycles. The quantitative estimate of drug-likeness (QED) is 0.773. The SMILES string of the molecule is Cc1ccc(C(N)c2ccccc2)c(N)c1C. The average Bonchev–Trinajstić information content (AvgIpc) is 2.36. The van der Waals surface area contributed by atoms with Crippen molar-refractivity contribution in [3.8, 4) is 0 Å². The monoisotopic (exact) mass is 226 g/mol. The van der Waals surface area contributed by atoms with Gasteiger partial charge < -0.3 is 11.5 Å². The van der Waals surface area contributed by atoms with E-state index >= 15 is 0 Å². The number of nitrogen functional groups attached to an aromatic ring is 1. The Morgan fingerprint density at radius 3 is 2.24 bits per heavy atom. The van der Waals surface area contributed by atoms with E-state index in [4.69, 9.17) is 11.5 Å². The lowest BCUT2D eigenvalue weighted by Gasteiger charge is -2.17. The Kier molecular flexibility index (Phi) is 3.16. The van der Waals surface area contributed by atoms with Crippen LogP contribution in [0.15, 0.2) is 42.5 Å². The van der Waals surface area contributed by atoms with Gasteiger partial charge in [0.25, 0.3) is 0 Å². The number of hydrogen-bond donors (Lipinski definition) is 2. The van der Waals surface area contributed by atoms with Crippen LogP contribution in [0.2, 0.25) is 0 Å². The molecule has 2 aromatic rings. The fraction of sp³-hybridized carbons (Fsp3) is 0.200. The maximum atomic E-state index is 6.26. The molecular formula is C15H18N2. The van der Waals surface area contributed by atoms with Gasteiger partial charge >= 0.3 is 0 Å². The van der Waals surface area contributed by atoms with Crippen LogP contribution in [0.3, 0.4) is 0 Å². The topological polar surface area (TPSA) is 52.0 Å². The molecule has 2 heteroatoms. The number of aryl methyl sites for hydroxylation is 1. The molecule has 0 aliphatic heterocycles. The molecule has 0 amide bonds. The maximum Gasteiger partial charge on any atom is 0.0572 e. The highest BCUT2D eigenvalue weighted by Crippen LogP contribution is 2.28. The molecule has 0 radical (unpaired) electrons. The molecule has 0 aliphatic carbocycles. The molecular weight excluding hydrogens is 208 g/mol. The van der Waals surface area contributed by atoms with Crippen LogP contribution in [0, 0.1) is 13.8 Å². The Bertz CT molecular complexity index is 518. The first-order chi connectivity index (χ1) is 8.11. The third kappa shape index (κ3) is 2.17. The van der Waals surface area contributed by atoms with E-state index in [0.717, 1.165) is 22.4 Å². The fourth-order valence-corrected chi connectivity index (χ4v) is 1.97. The van der Waals surface area contributed by atoms with Crippen LogP contribution < -0.4 is 11.5 Å². The maximum absolute atomic E-state index is 6.26. The largest absolute Gasteiger partial charge is 0.398 e. The van der Waals surface area contributed by atoms with Crippen LogP contribution in [0.25, 0.3) is 0 Å². The van der Waals surface area contributed by atoms with Crippen molar-refractivity contribution in [3.05, 3.63) is 64.7 Å². The molecule has 0 saturated carbocycles. The zero-order chi connectivity index (χ0) is 12.4. The average molecular weight is 226 g/mol. The summed E-state index contributed by atoms with van der Waals surface area (Å²) in [7, 11) is 0. The van der Waals surface area contributed by atoms with Crippen LogP contribution in [-0.4, -0.2) is 0 Å². The van der Waals surface area contributed by atoms with Crippen molar-refractivity contribution < 1.29 is 0 Å². The van der Waals surface area contributed by atoms with Crippen LogP contribution in [0.4, 0.5) is 5.69 Å². The zero-order valence-electron chi connectivity index (χ0n) is 10.3. The molecule has 1 unspecified atom stereocenters. The third-order valence-electron chi connectivity index (χ3n) is 3.31. The first-order valence-corrected chi connectivity index (χ1v) is 5.77. The Morgan fingerprint density at radius 2 is 1.59 bits per heavy atom. The van der Waals surface area contributed by atoms with Gasteiger partial charge in [0.15, 0.2) is 0 Å². The Morgan fingerprint density at radius 1 is 0.941 bits per heavy atom. The molecule has 0 aliphatic rings. The molecule has 2 nitrogen and oxygen atoms in total. The van der Waals surface area contributed by atoms with E-state index in [1.807, 2.05) is 43.3 Å². The second-order valence-electron chi connectivity index (χ2n) is 4.40. The summed E-state index contributed by atoms with van der Waals surface area (Å²) in [5.74, 6) is 0. The van der Waals surface area contributed by atoms with Gasteiger partial charge in [0, 0.05) is 5.69 Å². The molecule has 2 rings (SSSR count). The summed E-state index contributed by atoms with van der Waals surface area (Å²) in [4.78, 5) is 0. The second kappa shape index (κ2) is 4.60. The van der Waals surface area contributed by atoms with Gasteiger partial charge in [-0.2, -0.15) is 0 Å². The first kappa shape index (κ1) is 11.7. The minimum Gasteiger partial charge on any atom is -0.398 e. The summed E-state index contributed by atoms with van der Waals surface area (Å²) < 4.78 is 0. The van der Waals surface area contributed by atoms with E-state index in [1.165, 1.54) is 5.56 Å². The van der Waals surface area contributed by atoms with Gasteiger partial charge in [-0.1, -0.05) is 42.5 Å². The first-order valence-electron chi connectivity index (χ1n) is 5.77. The van der Waals surface area contributed by atoms with Gasteiger partial charge in [0.1, 0.15) is 0 Å². The minimum absolute atomic E-state index is 0.157. The van der Waals surface area contributed by atoms with Crippen molar-refractivity contribution in [1.29, 1.82) is 0 Å². The van der Waals surface area contributed by atoms with Crippen molar-refractivity contribution in [1.82, 2.24) is 0 Å². The van der Waals surface area contributed by atoms with Crippen molar-refractivity contribution in [3.63, 3.8) is 0 Å². The highest BCUT2D eigenvalue weighted by molar-refractivity contribution is 5.59. The van der Waals surface area contributed by atoms with Gasteiger partial charge in [0.05, 0.1) is 6.04 Å². The molecule has 2 aromatic carbocycles. The molecule has 1 atom stereocenters. The molecule has 88 valence electrons. The Hall–Kier alpha value is -1.80. The van der Waals surface area contributed by atoms with Gasteiger partial charge in [-0.3, -0.25) is 0 Å². The molecule has 4 N–H and O–H groups in total. The highest BCUT2D eigenvalue weighted by Gasteiger charge is 2.13. The molecule has 0 aromatic heterocycles. The summed E-state index contributed by atoms with van der Waals surface area (Å²) in [5, 5.41) is 0. The van der Waals surface area contributed by atoms with Crippen molar-refractivity contribution in [2.45, 2.75) is 19.9 Å². The Labute approximate surface area is 102 Å². The van der Waals surface area contributed by atoms with E-state index in [1.54, 1.807) is 0 Å². The second-order valence-corrected chi connectivity index (χ2v) is 4.40. The predicted octanol–water partition coefficient (Wildman–Crippen LogP) is 2.93.